The Labute approximate surface area is 130 Å². The van der Waals surface area contributed by atoms with E-state index in [-0.39, 0.29) is 11.6 Å². The first-order valence-corrected chi connectivity index (χ1v) is 7.76. The van der Waals surface area contributed by atoms with Gasteiger partial charge in [0.25, 0.3) is 5.91 Å². The van der Waals surface area contributed by atoms with E-state index < -0.39 is 17.6 Å². The molecule has 1 N–H and O–H groups in total. The van der Waals surface area contributed by atoms with E-state index in [4.69, 9.17) is 0 Å². The van der Waals surface area contributed by atoms with Gasteiger partial charge in [-0.1, -0.05) is 28.8 Å². The minimum Gasteiger partial charge on any atom is -0.349 e. The number of rotatable bonds is 3. The zero-order valence-electron chi connectivity index (χ0n) is 11.6. The van der Waals surface area contributed by atoms with Gasteiger partial charge >= 0.3 is 6.18 Å². The van der Waals surface area contributed by atoms with Gasteiger partial charge in [0, 0.05) is 10.5 Å². The summed E-state index contributed by atoms with van der Waals surface area (Å²) in [6, 6.07) is 3.49. The summed E-state index contributed by atoms with van der Waals surface area (Å²) in [7, 11) is 0. The molecule has 1 unspecified atom stereocenters. The Kier molecular flexibility index (Phi) is 4.96. The van der Waals surface area contributed by atoms with E-state index in [1.54, 1.807) is 0 Å². The van der Waals surface area contributed by atoms with Gasteiger partial charge in [0.1, 0.15) is 0 Å². The molecule has 1 aliphatic rings. The van der Waals surface area contributed by atoms with Crippen LogP contribution in [0.5, 0.6) is 0 Å². The molecule has 1 aliphatic carbocycles. The van der Waals surface area contributed by atoms with Gasteiger partial charge < -0.3 is 5.32 Å². The summed E-state index contributed by atoms with van der Waals surface area (Å²) in [4.78, 5) is 12.2. The SMILES string of the molecule is CC(NC(=O)c1ccc(Br)cc1C(F)(F)F)C1CCCC1. The third-order valence-electron chi connectivity index (χ3n) is 4.00. The molecule has 0 radical (unpaired) electrons. The Hall–Kier alpha value is -1.04. The quantitative estimate of drug-likeness (QED) is 0.822. The van der Waals surface area contributed by atoms with Crippen molar-refractivity contribution in [2.45, 2.75) is 44.8 Å². The van der Waals surface area contributed by atoms with Crippen LogP contribution in [0.4, 0.5) is 13.2 Å². The smallest absolute Gasteiger partial charge is 0.349 e. The summed E-state index contributed by atoms with van der Waals surface area (Å²) < 4.78 is 39.4. The fraction of sp³-hybridized carbons (Fsp3) is 0.533. The summed E-state index contributed by atoms with van der Waals surface area (Å²) in [6.45, 7) is 1.86. The first-order valence-electron chi connectivity index (χ1n) is 6.96. The molecule has 0 aliphatic heterocycles. The van der Waals surface area contributed by atoms with Crippen molar-refractivity contribution in [2.75, 3.05) is 0 Å². The van der Waals surface area contributed by atoms with Crippen LogP contribution in [0.3, 0.4) is 0 Å². The van der Waals surface area contributed by atoms with Gasteiger partial charge in [-0.15, -0.1) is 0 Å². The Morgan fingerprint density at radius 2 is 1.95 bits per heavy atom. The van der Waals surface area contributed by atoms with Crippen molar-refractivity contribution in [3.8, 4) is 0 Å². The Bertz CT molecular complexity index is 524. The highest BCUT2D eigenvalue weighted by molar-refractivity contribution is 9.10. The van der Waals surface area contributed by atoms with Crippen LogP contribution in [0.1, 0.15) is 48.5 Å². The second kappa shape index (κ2) is 6.38. The van der Waals surface area contributed by atoms with E-state index in [1.807, 2.05) is 6.92 Å². The number of alkyl halides is 3. The molecule has 0 spiro atoms. The maximum atomic E-state index is 13.0. The normalized spacial score (nSPS) is 17.8. The third kappa shape index (κ3) is 3.99. The Balaban J connectivity index is 2.18. The maximum Gasteiger partial charge on any atom is 0.417 e. The molecule has 1 fully saturated rings. The maximum absolute atomic E-state index is 13.0. The topological polar surface area (TPSA) is 29.1 Å². The summed E-state index contributed by atoms with van der Waals surface area (Å²) in [5, 5.41) is 2.72. The van der Waals surface area contributed by atoms with Gasteiger partial charge in [-0.25, -0.2) is 0 Å². The highest BCUT2D eigenvalue weighted by atomic mass is 79.9. The zero-order chi connectivity index (χ0) is 15.6. The largest absolute Gasteiger partial charge is 0.417 e. The van der Waals surface area contributed by atoms with E-state index in [0.717, 1.165) is 31.7 Å². The van der Waals surface area contributed by atoms with Gasteiger partial charge in [-0.05, 0) is 43.9 Å². The van der Waals surface area contributed by atoms with Crippen molar-refractivity contribution >= 4 is 21.8 Å². The summed E-state index contributed by atoms with van der Waals surface area (Å²) in [5.74, 6) is -0.298. The Morgan fingerprint density at radius 1 is 1.33 bits per heavy atom. The number of hydrogen-bond acceptors (Lipinski definition) is 1. The summed E-state index contributed by atoms with van der Waals surface area (Å²) in [6.07, 6.45) is -0.261. The van der Waals surface area contributed by atoms with Gasteiger partial charge in [0.05, 0.1) is 11.1 Å². The van der Waals surface area contributed by atoms with Crippen molar-refractivity contribution in [1.29, 1.82) is 0 Å². The van der Waals surface area contributed by atoms with Crippen LogP contribution in [0.15, 0.2) is 22.7 Å². The van der Waals surface area contributed by atoms with Crippen molar-refractivity contribution in [3.05, 3.63) is 33.8 Å². The highest BCUT2D eigenvalue weighted by Crippen LogP contribution is 2.34. The molecule has 1 aromatic carbocycles. The molecule has 0 bridgehead atoms. The van der Waals surface area contributed by atoms with Crippen LogP contribution >= 0.6 is 15.9 Å². The number of halogens is 4. The number of benzene rings is 1. The summed E-state index contributed by atoms with van der Waals surface area (Å²) >= 11 is 3.01. The molecule has 0 aromatic heterocycles. The Morgan fingerprint density at radius 3 is 2.52 bits per heavy atom. The predicted molar refractivity (Wildman–Crippen MR) is 78.0 cm³/mol. The molecule has 1 aromatic rings. The molecule has 2 rings (SSSR count). The van der Waals surface area contributed by atoms with E-state index in [2.05, 4.69) is 21.2 Å². The van der Waals surface area contributed by atoms with E-state index in [0.29, 0.717) is 10.4 Å². The molecule has 1 amide bonds. The predicted octanol–water partition coefficient (Wildman–Crippen LogP) is 4.78. The molecule has 1 saturated carbocycles. The average Bonchev–Trinajstić information content (AvgIpc) is 2.91. The van der Waals surface area contributed by atoms with Crippen molar-refractivity contribution in [3.63, 3.8) is 0 Å². The third-order valence-corrected chi connectivity index (χ3v) is 4.49. The number of amides is 1. The van der Waals surface area contributed by atoms with Crippen molar-refractivity contribution in [2.24, 2.45) is 5.92 Å². The van der Waals surface area contributed by atoms with Gasteiger partial charge in [-0.3, -0.25) is 4.79 Å². The second-order valence-corrected chi connectivity index (χ2v) is 6.41. The van der Waals surface area contributed by atoms with Crippen LogP contribution in [-0.4, -0.2) is 11.9 Å². The van der Waals surface area contributed by atoms with Gasteiger partial charge in [-0.2, -0.15) is 13.2 Å². The molecular weight excluding hydrogens is 347 g/mol. The lowest BCUT2D eigenvalue weighted by molar-refractivity contribution is -0.138. The van der Waals surface area contributed by atoms with Crippen LogP contribution in [0.2, 0.25) is 0 Å². The molecular formula is C15H17BrF3NO. The number of hydrogen-bond donors (Lipinski definition) is 1. The first kappa shape index (κ1) is 16.3. The highest BCUT2D eigenvalue weighted by Gasteiger charge is 2.36. The number of carbonyl (C=O) groups is 1. The van der Waals surface area contributed by atoms with E-state index in [1.165, 1.54) is 12.1 Å². The molecule has 0 saturated heterocycles. The van der Waals surface area contributed by atoms with Crippen LogP contribution in [0, 0.1) is 5.92 Å². The molecule has 21 heavy (non-hydrogen) atoms. The fourth-order valence-corrected chi connectivity index (χ4v) is 3.17. The van der Waals surface area contributed by atoms with Crippen LogP contribution in [-0.2, 0) is 6.18 Å². The monoisotopic (exact) mass is 363 g/mol. The van der Waals surface area contributed by atoms with Crippen LogP contribution < -0.4 is 5.32 Å². The molecule has 1 atom stereocenters. The van der Waals surface area contributed by atoms with E-state index >= 15 is 0 Å². The molecule has 6 heteroatoms. The second-order valence-electron chi connectivity index (χ2n) is 5.49. The summed E-state index contributed by atoms with van der Waals surface area (Å²) in [5.41, 5.74) is -1.23. The number of carbonyl (C=O) groups excluding carboxylic acids is 1. The molecule has 2 nitrogen and oxygen atoms in total. The lowest BCUT2D eigenvalue weighted by Gasteiger charge is -2.21. The van der Waals surface area contributed by atoms with Crippen molar-refractivity contribution in [1.82, 2.24) is 5.32 Å². The molecule has 116 valence electrons. The van der Waals surface area contributed by atoms with Crippen molar-refractivity contribution < 1.29 is 18.0 Å². The zero-order valence-corrected chi connectivity index (χ0v) is 13.2. The van der Waals surface area contributed by atoms with Gasteiger partial charge in [0.15, 0.2) is 0 Å². The standard InChI is InChI=1S/C15H17BrF3NO/c1-9(10-4-2-3-5-10)20-14(21)12-7-6-11(16)8-13(12)15(17,18)19/h6-10H,2-5H2,1H3,(H,20,21). The average molecular weight is 364 g/mol. The number of nitrogens with one attached hydrogen (secondary N) is 1. The van der Waals surface area contributed by atoms with E-state index in [9.17, 15) is 18.0 Å². The lowest BCUT2D eigenvalue weighted by atomic mass is 9.99. The van der Waals surface area contributed by atoms with Gasteiger partial charge in [0.2, 0.25) is 0 Å². The molecule has 0 heterocycles. The minimum atomic E-state index is -4.55. The lowest BCUT2D eigenvalue weighted by Crippen LogP contribution is -2.38. The fourth-order valence-electron chi connectivity index (χ4n) is 2.81. The minimum absolute atomic E-state index is 0.107. The van der Waals surface area contributed by atoms with Crippen LogP contribution in [0.25, 0.3) is 0 Å². The first-order chi connectivity index (χ1) is 9.79.